The molecule has 7 nitrogen and oxygen atoms in total. The minimum atomic E-state index is 0.594. The number of rotatable bonds is 3. The van der Waals surface area contributed by atoms with E-state index in [2.05, 4.69) is 25.5 Å². The lowest BCUT2D eigenvalue weighted by Crippen LogP contribution is -1.99. The average molecular weight is 269 g/mol. The monoisotopic (exact) mass is 269 g/mol. The van der Waals surface area contributed by atoms with Crippen LogP contribution in [0.1, 0.15) is 0 Å². The molecule has 0 aliphatic heterocycles. The van der Waals surface area contributed by atoms with Crippen molar-refractivity contribution in [1.82, 2.24) is 29.5 Å². The fourth-order valence-corrected chi connectivity index (χ4v) is 1.93. The molecule has 102 valence electrons. The highest BCUT2D eigenvalue weighted by Crippen LogP contribution is 2.22. The molecular weight excluding hydrogens is 254 g/mol. The van der Waals surface area contributed by atoms with E-state index in [4.69, 9.17) is 0 Å². The summed E-state index contributed by atoms with van der Waals surface area (Å²) in [4.78, 5) is 9.01. The molecule has 0 unspecified atom stereocenters. The van der Waals surface area contributed by atoms with Gasteiger partial charge in [-0.3, -0.25) is 9.36 Å². The Hall–Kier alpha value is -2.70. The SMILES string of the molecule is CNc1cc(-c2cnn(C)c2)nc(-c2ccn(C)n2)n1. The van der Waals surface area contributed by atoms with Crippen molar-refractivity contribution < 1.29 is 0 Å². The number of aryl methyl sites for hydroxylation is 2. The van der Waals surface area contributed by atoms with Gasteiger partial charge in [-0.2, -0.15) is 10.2 Å². The lowest BCUT2D eigenvalue weighted by molar-refractivity contribution is 0.768. The lowest BCUT2D eigenvalue weighted by Gasteiger charge is -2.05. The molecule has 0 amide bonds. The van der Waals surface area contributed by atoms with E-state index in [0.29, 0.717) is 5.82 Å². The second-order valence-electron chi connectivity index (χ2n) is 4.49. The largest absolute Gasteiger partial charge is 0.373 e. The predicted molar refractivity (Wildman–Crippen MR) is 76.0 cm³/mol. The molecule has 0 aliphatic rings. The zero-order valence-corrected chi connectivity index (χ0v) is 11.6. The molecule has 1 N–H and O–H groups in total. The van der Waals surface area contributed by atoms with E-state index in [1.807, 2.05) is 45.7 Å². The lowest BCUT2D eigenvalue weighted by atomic mass is 10.2. The minimum Gasteiger partial charge on any atom is -0.373 e. The molecule has 0 spiro atoms. The summed E-state index contributed by atoms with van der Waals surface area (Å²) in [7, 11) is 5.58. The quantitative estimate of drug-likeness (QED) is 0.776. The first-order valence-corrected chi connectivity index (χ1v) is 6.21. The fourth-order valence-electron chi connectivity index (χ4n) is 1.93. The molecule has 0 bridgehead atoms. The van der Waals surface area contributed by atoms with Crippen LogP contribution >= 0.6 is 0 Å². The summed E-state index contributed by atoms with van der Waals surface area (Å²) in [6.07, 6.45) is 5.57. The van der Waals surface area contributed by atoms with Crippen molar-refractivity contribution in [1.29, 1.82) is 0 Å². The number of hydrogen-bond acceptors (Lipinski definition) is 5. The van der Waals surface area contributed by atoms with Crippen molar-refractivity contribution in [3.63, 3.8) is 0 Å². The van der Waals surface area contributed by atoms with Crippen LogP contribution in [0.4, 0.5) is 5.82 Å². The van der Waals surface area contributed by atoms with Crippen LogP contribution in [-0.2, 0) is 14.1 Å². The topological polar surface area (TPSA) is 73.5 Å². The van der Waals surface area contributed by atoms with Crippen LogP contribution in [0, 0.1) is 0 Å². The van der Waals surface area contributed by atoms with Crippen LogP contribution in [0.5, 0.6) is 0 Å². The van der Waals surface area contributed by atoms with Crippen molar-refractivity contribution in [3.8, 4) is 22.8 Å². The van der Waals surface area contributed by atoms with Crippen LogP contribution in [0.15, 0.2) is 30.7 Å². The molecule has 0 radical (unpaired) electrons. The zero-order chi connectivity index (χ0) is 14.1. The van der Waals surface area contributed by atoms with Gasteiger partial charge in [-0.05, 0) is 6.07 Å². The summed E-state index contributed by atoms with van der Waals surface area (Å²) in [6.45, 7) is 0. The molecule has 0 fully saturated rings. The van der Waals surface area contributed by atoms with Crippen LogP contribution < -0.4 is 5.32 Å². The van der Waals surface area contributed by atoms with Crippen molar-refractivity contribution >= 4 is 5.82 Å². The molecule has 3 rings (SSSR count). The Labute approximate surface area is 116 Å². The van der Waals surface area contributed by atoms with Crippen molar-refractivity contribution in [2.24, 2.45) is 14.1 Å². The van der Waals surface area contributed by atoms with Crippen LogP contribution in [0.2, 0.25) is 0 Å². The molecule has 3 aromatic heterocycles. The van der Waals surface area contributed by atoms with Gasteiger partial charge < -0.3 is 5.32 Å². The van der Waals surface area contributed by atoms with Crippen molar-refractivity contribution in [2.45, 2.75) is 0 Å². The summed E-state index contributed by atoms with van der Waals surface area (Å²) < 4.78 is 3.48. The molecule has 3 heterocycles. The number of anilines is 1. The molecular formula is C13H15N7. The maximum absolute atomic E-state index is 4.57. The highest BCUT2D eigenvalue weighted by molar-refractivity contribution is 5.65. The molecule has 0 saturated carbocycles. The van der Waals surface area contributed by atoms with E-state index in [-0.39, 0.29) is 0 Å². The average Bonchev–Trinajstić information content (AvgIpc) is 3.07. The predicted octanol–water partition coefficient (Wildman–Crippen LogP) is 1.32. The third kappa shape index (κ3) is 2.25. The maximum Gasteiger partial charge on any atom is 0.182 e. The Bertz CT molecular complexity index is 682. The van der Waals surface area contributed by atoms with Gasteiger partial charge in [0.25, 0.3) is 0 Å². The molecule has 20 heavy (non-hydrogen) atoms. The summed E-state index contributed by atoms with van der Waals surface area (Å²) >= 11 is 0. The van der Waals surface area contributed by atoms with E-state index in [1.54, 1.807) is 15.6 Å². The first-order valence-electron chi connectivity index (χ1n) is 6.21. The fraction of sp³-hybridized carbons (Fsp3) is 0.231. The Morgan fingerprint density at radius 2 is 1.95 bits per heavy atom. The molecule has 0 aromatic carbocycles. The van der Waals surface area contributed by atoms with E-state index in [0.717, 1.165) is 22.8 Å². The van der Waals surface area contributed by atoms with Gasteiger partial charge >= 0.3 is 0 Å². The van der Waals surface area contributed by atoms with E-state index < -0.39 is 0 Å². The van der Waals surface area contributed by atoms with E-state index in [1.165, 1.54) is 0 Å². The Morgan fingerprint density at radius 1 is 1.10 bits per heavy atom. The van der Waals surface area contributed by atoms with Gasteiger partial charge in [0.15, 0.2) is 5.82 Å². The third-order valence-electron chi connectivity index (χ3n) is 2.93. The standard InChI is InChI=1S/C13H15N7/c1-14-12-6-11(9-7-15-20(3)8-9)16-13(17-12)10-4-5-19(2)18-10/h4-8H,1-3H3,(H,14,16,17). The normalized spacial score (nSPS) is 10.8. The van der Waals surface area contributed by atoms with Crippen LogP contribution in [0.25, 0.3) is 22.8 Å². The number of aromatic nitrogens is 6. The van der Waals surface area contributed by atoms with Gasteiger partial charge in [0.2, 0.25) is 0 Å². The second kappa shape index (κ2) is 4.76. The summed E-state index contributed by atoms with van der Waals surface area (Å²) in [5.74, 6) is 1.34. The Morgan fingerprint density at radius 3 is 2.55 bits per heavy atom. The Kier molecular flexibility index (Phi) is 2.94. The minimum absolute atomic E-state index is 0.594. The smallest absolute Gasteiger partial charge is 0.182 e. The third-order valence-corrected chi connectivity index (χ3v) is 2.93. The van der Waals surface area contributed by atoms with Gasteiger partial charge in [-0.25, -0.2) is 9.97 Å². The first-order chi connectivity index (χ1) is 9.65. The van der Waals surface area contributed by atoms with Crippen LogP contribution in [-0.4, -0.2) is 36.6 Å². The van der Waals surface area contributed by atoms with Crippen molar-refractivity contribution in [3.05, 3.63) is 30.7 Å². The van der Waals surface area contributed by atoms with E-state index >= 15 is 0 Å². The Balaban J connectivity index is 2.12. The van der Waals surface area contributed by atoms with Crippen molar-refractivity contribution in [2.75, 3.05) is 12.4 Å². The number of nitrogens with zero attached hydrogens (tertiary/aromatic N) is 6. The number of hydrogen-bond donors (Lipinski definition) is 1. The highest BCUT2D eigenvalue weighted by Gasteiger charge is 2.11. The van der Waals surface area contributed by atoms with Gasteiger partial charge in [0, 0.05) is 45.2 Å². The van der Waals surface area contributed by atoms with Gasteiger partial charge in [-0.15, -0.1) is 0 Å². The molecule has 3 aromatic rings. The zero-order valence-electron chi connectivity index (χ0n) is 11.6. The van der Waals surface area contributed by atoms with Gasteiger partial charge in [-0.1, -0.05) is 0 Å². The second-order valence-corrected chi connectivity index (χ2v) is 4.49. The molecule has 7 heteroatoms. The molecule has 0 aliphatic carbocycles. The van der Waals surface area contributed by atoms with Gasteiger partial charge in [0.05, 0.1) is 11.9 Å². The summed E-state index contributed by atoms with van der Waals surface area (Å²) in [5.41, 5.74) is 2.51. The first kappa shape index (κ1) is 12.3. The summed E-state index contributed by atoms with van der Waals surface area (Å²) in [6, 6.07) is 3.78. The number of nitrogens with one attached hydrogen (secondary N) is 1. The van der Waals surface area contributed by atoms with Gasteiger partial charge in [0.1, 0.15) is 11.5 Å². The maximum atomic E-state index is 4.57. The highest BCUT2D eigenvalue weighted by atomic mass is 15.3. The molecule has 0 saturated heterocycles. The summed E-state index contributed by atoms with van der Waals surface area (Å²) in [5, 5.41) is 11.6. The van der Waals surface area contributed by atoms with E-state index in [9.17, 15) is 0 Å². The van der Waals surface area contributed by atoms with Crippen LogP contribution in [0.3, 0.4) is 0 Å². The molecule has 0 atom stereocenters.